The van der Waals surface area contributed by atoms with Crippen molar-refractivity contribution in [2.45, 2.75) is 32.2 Å². The topological polar surface area (TPSA) is 55.6 Å². The average molecular weight is 218 g/mol. The zero-order valence-corrected chi connectivity index (χ0v) is 9.54. The van der Waals surface area contributed by atoms with Crippen LogP contribution in [0.4, 0.5) is 5.95 Å². The van der Waals surface area contributed by atoms with Crippen LogP contribution >= 0.6 is 11.6 Å². The Bertz CT molecular complexity index is 287. The Hall–Kier alpha value is -0.840. The highest BCUT2D eigenvalue weighted by Gasteiger charge is 2.22. The summed E-state index contributed by atoms with van der Waals surface area (Å²) >= 11 is 5.75. The van der Waals surface area contributed by atoms with Crippen molar-refractivity contribution in [3.8, 4) is 0 Å². The number of tetrazole rings is 1. The molecule has 0 fully saturated rings. The number of aryl methyl sites for hydroxylation is 1. The first-order valence-corrected chi connectivity index (χ1v) is 5.21. The molecule has 1 atom stereocenters. The van der Waals surface area contributed by atoms with E-state index in [0.717, 1.165) is 12.8 Å². The number of aromatic nitrogens is 4. The third-order valence-corrected chi connectivity index (χ3v) is 2.65. The van der Waals surface area contributed by atoms with Crippen molar-refractivity contribution in [3.63, 3.8) is 0 Å². The van der Waals surface area contributed by atoms with Crippen molar-refractivity contribution in [2.24, 2.45) is 7.05 Å². The number of nitrogens with one attached hydrogen (secondary N) is 1. The largest absolute Gasteiger partial charge is 0.348 e. The predicted octanol–water partition coefficient (Wildman–Crippen LogP) is 1.42. The lowest BCUT2D eigenvalue weighted by Gasteiger charge is -2.28. The fourth-order valence-electron chi connectivity index (χ4n) is 1.14. The Morgan fingerprint density at radius 2 is 2.29 bits per heavy atom. The molecule has 0 radical (unpaired) electrons. The number of halogens is 1. The summed E-state index contributed by atoms with van der Waals surface area (Å²) in [6.07, 6.45) is 1.87. The highest BCUT2D eigenvalue weighted by molar-refractivity contribution is 6.17. The number of hydrogen-bond donors (Lipinski definition) is 1. The second kappa shape index (κ2) is 4.59. The first kappa shape index (κ1) is 11.2. The molecule has 0 aliphatic rings. The molecule has 1 N–H and O–H groups in total. The van der Waals surface area contributed by atoms with Gasteiger partial charge >= 0.3 is 0 Å². The molecule has 0 amide bonds. The van der Waals surface area contributed by atoms with Crippen molar-refractivity contribution < 1.29 is 0 Å². The van der Waals surface area contributed by atoms with E-state index in [1.165, 1.54) is 0 Å². The van der Waals surface area contributed by atoms with E-state index in [1.54, 1.807) is 11.7 Å². The second-order valence-electron chi connectivity index (χ2n) is 3.60. The van der Waals surface area contributed by atoms with Crippen LogP contribution in [0.1, 0.15) is 26.7 Å². The van der Waals surface area contributed by atoms with Gasteiger partial charge in [0.05, 0.1) is 0 Å². The van der Waals surface area contributed by atoms with Crippen LogP contribution in [0.25, 0.3) is 0 Å². The first-order chi connectivity index (χ1) is 6.61. The van der Waals surface area contributed by atoms with Crippen LogP contribution in [0, 0.1) is 0 Å². The van der Waals surface area contributed by atoms with Crippen LogP contribution in [0.3, 0.4) is 0 Å². The minimum atomic E-state index is -0.0375. The normalized spacial score (nSPS) is 15.1. The zero-order valence-electron chi connectivity index (χ0n) is 8.79. The van der Waals surface area contributed by atoms with Gasteiger partial charge in [0.15, 0.2) is 0 Å². The minimum absolute atomic E-state index is 0.0375. The molecule has 1 heterocycles. The van der Waals surface area contributed by atoms with Gasteiger partial charge in [-0.2, -0.15) is 0 Å². The fraction of sp³-hybridized carbons (Fsp3) is 0.875. The molecule has 1 aromatic rings. The number of rotatable bonds is 5. The lowest BCUT2D eigenvalue weighted by Crippen LogP contribution is -2.35. The quantitative estimate of drug-likeness (QED) is 0.758. The van der Waals surface area contributed by atoms with E-state index in [2.05, 4.69) is 34.7 Å². The van der Waals surface area contributed by atoms with Gasteiger partial charge in [-0.05, 0) is 30.2 Å². The number of alkyl halides is 1. The highest BCUT2D eigenvalue weighted by Crippen LogP contribution is 2.20. The van der Waals surface area contributed by atoms with Gasteiger partial charge in [0.1, 0.15) is 0 Å². The van der Waals surface area contributed by atoms with Gasteiger partial charge in [-0.15, -0.1) is 11.6 Å². The molecule has 1 rings (SSSR count). The third-order valence-electron chi connectivity index (χ3n) is 2.46. The van der Waals surface area contributed by atoms with Crippen molar-refractivity contribution in [1.82, 2.24) is 20.2 Å². The molecule has 0 aliphatic heterocycles. The Morgan fingerprint density at radius 1 is 1.57 bits per heavy atom. The second-order valence-corrected chi connectivity index (χ2v) is 3.98. The molecule has 0 saturated carbocycles. The van der Waals surface area contributed by atoms with E-state index < -0.39 is 0 Å². The summed E-state index contributed by atoms with van der Waals surface area (Å²) in [4.78, 5) is 0. The number of anilines is 1. The van der Waals surface area contributed by atoms with Gasteiger partial charge in [0.25, 0.3) is 0 Å². The smallest absolute Gasteiger partial charge is 0.243 e. The Morgan fingerprint density at radius 3 is 2.71 bits per heavy atom. The molecule has 0 aliphatic carbocycles. The van der Waals surface area contributed by atoms with E-state index in [4.69, 9.17) is 11.6 Å². The van der Waals surface area contributed by atoms with Crippen LogP contribution < -0.4 is 5.32 Å². The summed E-state index contributed by atoms with van der Waals surface area (Å²) in [5, 5.41) is 14.5. The van der Waals surface area contributed by atoms with Gasteiger partial charge in [0, 0.05) is 18.5 Å². The van der Waals surface area contributed by atoms with Gasteiger partial charge < -0.3 is 5.32 Å². The maximum atomic E-state index is 5.75. The first-order valence-electron chi connectivity index (χ1n) is 4.68. The zero-order chi connectivity index (χ0) is 10.6. The summed E-state index contributed by atoms with van der Waals surface area (Å²) in [5.74, 6) is 1.31. The summed E-state index contributed by atoms with van der Waals surface area (Å²) in [7, 11) is 1.80. The molecule has 0 saturated heterocycles. The van der Waals surface area contributed by atoms with Gasteiger partial charge in [-0.25, -0.2) is 4.68 Å². The van der Waals surface area contributed by atoms with E-state index >= 15 is 0 Å². The molecule has 0 aromatic carbocycles. The van der Waals surface area contributed by atoms with Gasteiger partial charge in [-0.3, -0.25) is 0 Å². The monoisotopic (exact) mass is 217 g/mol. The maximum absolute atomic E-state index is 5.75. The van der Waals surface area contributed by atoms with Crippen LogP contribution in [-0.2, 0) is 7.05 Å². The molecular formula is C8H16ClN5. The molecule has 0 spiro atoms. The molecule has 1 unspecified atom stereocenters. The van der Waals surface area contributed by atoms with Crippen molar-refractivity contribution in [3.05, 3.63) is 0 Å². The van der Waals surface area contributed by atoms with Crippen LogP contribution in [0.2, 0.25) is 0 Å². The molecular weight excluding hydrogens is 202 g/mol. The van der Waals surface area contributed by atoms with Gasteiger partial charge in [0.2, 0.25) is 5.95 Å². The van der Waals surface area contributed by atoms with E-state index in [-0.39, 0.29) is 5.54 Å². The highest BCUT2D eigenvalue weighted by atomic mass is 35.5. The molecule has 14 heavy (non-hydrogen) atoms. The third kappa shape index (κ3) is 2.57. The van der Waals surface area contributed by atoms with E-state index in [0.29, 0.717) is 11.8 Å². The van der Waals surface area contributed by atoms with Crippen LogP contribution in [0.5, 0.6) is 0 Å². The summed E-state index contributed by atoms with van der Waals surface area (Å²) < 4.78 is 1.61. The standard InChI is InChI=1S/C8H16ClN5/c1-4-8(2,5-6-9)10-7-11-12-13-14(7)3/h4-6H2,1-3H3,(H,10,11,13). The van der Waals surface area contributed by atoms with E-state index in [1.807, 2.05) is 0 Å². The predicted molar refractivity (Wildman–Crippen MR) is 56.5 cm³/mol. The van der Waals surface area contributed by atoms with Crippen molar-refractivity contribution in [2.75, 3.05) is 11.2 Å². The van der Waals surface area contributed by atoms with Crippen LogP contribution in [0.15, 0.2) is 0 Å². The Labute approximate surface area is 88.8 Å². The Kier molecular flexibility index (Phi) is 3.69. The molecule has 1 aromatic heterocycles. The molecule has 80 valence electrons. The minimum Gasteiger partial charge on any atom is -0.348 e. The molecule has 6 heteroatoms. The average Bonchev–Trinajstić information content (AvgIpc) is 2.52. The summed E-state index contributed by atoms with van der Waals surface area (Å²) in [6.45, 7) is 4.23. The van der Waals surface area contributed by atoms with Crippen molar-refractivity contribution >= 4 is 17.5 Å². The van der Waals surface area contributed by atoms with Crippen LogP contribution in [-0.4, -0.2) is 31.6 Å². The lowest BCUT2D eigenvalue weighted by atomic mass is 9.96. The number of nitrogens with zero attached hydrogens (tertiary/aromatic N) is 4. The maximum Gasteiger partial charge on any atom is 0.243 e. The summed E-state index contributed by atoms with van der Waals surface area (Å²) in [5.41, 5.74) is -0.0375. The fourth-order valence-corrected chi connectivity index (χ4v) is 1.56. The number of hydrogen-bond acceptors (Lipinski definition) is 4. The lowest BCUT2D eigenvalue weighted by molar-refractivity contribution is 0.473. The SMILES string of the molecule is CCC(C)(CCCl)Nc1nnnn1C. The van der Waals surface area contributed by atoms with Gasteiger partial charge in [-0.1, -0.05) is 12.0 Å². The molecule has 5 nitrogen and oxygen atoms in total. The van der Waals surface area contributed by atoms with E-state index in [9.17, 15) is 0 Å². The summed E-state index contributed by atoms with van der Waals surface area (Å²) in [6, 6.07) is 0. The van der Waals surface area contributed by atoms with Crippen molar-refractivity contribution in [1.29, 1.82) is 0 Å². The Balaban J connectivity index is 2.69. The molecule has 0 bridgehead atoms.